The van der Waals surface area contributed by atoms with Crippen molar-refractivity contribution in [1.82, 2.24) is 73.1 Å². The summed E-state index contributed by atoms with van der Waals surface area (Å²) in [5.41, 5.74) is 39.2. The van der Waals surface area contributed by atoms with Gasteiger partial charge in [0.2, 0.25) is 47.3 Å². The molecule has 1 aliphatic carbocycles. The van der Waals surface area contributed by atoms with E-state index in [2.05, 4.69) is 73.1 Å². The summed E-state index contributed by atoms with van der Waals surface area (Å²) in [4.78, 5) is 161. The number of aromatic amines is 4. The van der Waals surface area contributed by atoms with Crippen LogP contribution in [-0.2, 0) is 73.6 Å². The molecule has 0 saturated carbocycles. The fraction of sp³-hybridized carbons (Fsp3) is 0.382. The third kappa shape index (κ3) is 24.2. The van der Waals surface area contributed by atoms with Gasteiger partial charge in [0.1, 0.15) is 61.0 Å². The minimum absolute atomic E-state index is 0.0253. The van der Waals surface area contributed by atoms with Crippen LogP contribution < -0.4 is 81.8 Å². The van der Waals surface area contributed by atoms with Gasteiger partial charge in [-0.25, -0.2) is 9.59 Å². The summed E-state index contributed by atoms with van der Waals surface area (Å²) in [7, 11) is 0. The molecule has 0 bridgehead atoms. The molecule has 4 aromatic heterocycles. The molecule has 1 aliphatic rings. The van der Waals surface area contributed by atoms with E-state index in [0.29, 0.717) is 67.2 Å². The number of hydrogen-bond donors (Lipinski definition) is 21. The number of ether oxygens (including phenoxy) is 1. The van der Waals surface area contributed by atoms with E-state index in [1.165, 1.54) is 0 Å². The Morgan fingerprint density at radius 3 is 0.926 bits per heavy atom. The predicted octanol–water partition coefficient (Wildman–Crippen LogP) is 5.53. The molecular formula is C89H112N20O12. The first kappa shape index (κ1) is 88.9. The number of carbonyl (C=O) groups is 10. The van der Waals surface area contributed by atoms with Crippen LogP contribution in [0.4, 0.5) is 4.79 Å². The van der Waals surface area contributed by atoms with Gasteiger partial charge < -0.3 is 112 Å². The van der Waals surface area contributed by atoms with Crippen molar-refractivity contribution in [2.45, 2.75) is 176 Å². The molecule has 121 heavy (non-hydrogen) atoms. The van der Waals surface area contributed by atoms with Crippen molar-refractivity contribution in [2.75, 3.05) is 39.3 Å². The van der Waals surface area contributed by atoms with E-state index in [4.69, 9.17) is 38.8 Å². The largest absolute Gasteiger partial charge is 0.480 e. The van der Waals surface area contributed by atoms with Gasteiger partial charge in [-0.15, -0.1) is 0 Å². The topological polar surface area (TPSA) is 538 Å². The first-order valence-corrected chi connectivity index (χ1v) is 41.6. The summed E-state index contributed by atoms with van der Waals surface area (Å²) in [5, 5.41) is 49.7. The molecule has 0 unspecified atom stereocenters. The Hall–Kier alpha value is -12.9. The fourth-order valence-corrected chi connectivity index (χ4v) is 15.7. The van der Waals surface area contributed by atoms with Crippen molar-refractivity contribution < 1.29 is 57.8 Å². The number of fused-ring (bicyclic) bond motifs is 7. The minimum Gasteiger partial charge on any atom is -0.480 e. The average molecular weight is 1650 g/mol. The molecule has 6 aromatic carbocycles. The van der Waals surface area contributed by atoms with Crippen LogP contribution in [0.3, 0.4) is 0 Å². The number of H-pyrrole nitrogens is 4. The lowest BCUT2D eigenvalue weighted by molar-refractivity contribution is -0.142. The molecule has 640 valence electrons. The zero-order chi connectivity index (χ0) is 85.7. The summed E-state index contributed by atoms with van der Waals surface area (Å²) in [6, 6.07) is 32.7. The number of carbonyl (C=O) groups excluding carboxylic acids is 9. The molecule has 0 saturated heterocycles. The number of carboxylic acids is 1. The van der Waals surface area contributed by atoms with Crippen molar-refractivity contribution in [2.24, 2.45) is 28.7 Å². The smallest absolute Gasteiger partial charge is 0.407 e. The Labute approximate surface area is 700 Å². The third-order valence-electron chi connectivity index (χ3n) is 22.2. The number of guanidine groups is 1. The lowest BCUT2D eigenvalue weighted by atomic mass is 9.98. The van der Waals surface area contributed by atoms with E-state index in [0.717, 1.165) is 65.9 Å². The second-order valence-electron chi connectivity index (χ2n) is 30.7. The van der Waals surface area contributed by atoms with Gasteiger partial charge in [-0.2, -0.15) is 0 Å². The molecule has 32 heteroatoms. The Balaban J connectivity index is 0.836. The normalized spacial score (nSPS) is 14.0. The lowest BCUT2D eigenvalue weighted by Gasteiger charge is -2.28. The molecule has 32 nitrogen and oxygen atoms in total. The van der Waals surface area contributed by atoms with E-state index in [-0.39, 0.29) is 122 Å². The second kappa shape index (κ2) is 44.2. The number of carboxylic acid groups (broad SMARTS) is 1. The molecule has 26 N–H and O–H groups in total. The van der Waals surface area contributed by atoms with Crippen LogP contribution in [0.1, 0.15) is 129 Å². The molecule has 9 amide bonds. The number of unbranched alkanes of at least 4 members (excludes halogenated alkanes) is 4. The summed E-state index contributed by atoms with van der Waals surface area (Å²) in [6.07, 6.45) is 8.52. The van der Waals surface area contributed by atoms with E-state index < -0.39 is 114 Å². The zero-order valence-corrected chi connectivity index (χ0v) is 67.7. The van der Waals surface area contributed by atoms with Gasteiger partial charge in [0.25, 0.3) is 0 Å². The molecule has 10 aromatic rings. The Bertz CT molecular complexity index is 5180. The number of para-hydroxylation sites is 4. The van der Waals surface area contributed by atoms with E-state index in [9.17, 15) is 19.5 Å². The van der Waals surface area contributed by atoms with E-state index in [1.54, 1.807) is 24.8 Å². The summed E-state index contributed by atoms with van der Waals surface area (Å²) in [5.74, 6) is -8.42. The SMILES string of the molecule is N=C(N)NCCC[C@H](NC(=O)[C@H](CCCCN)NC(=O)[C@H](Cc1c[nH]c2ccccc12)NC(=O)[C@H](CCCCN)NC(=O)[C@H](Cc1c[nH]c2ccccc12)NC(=O)OCC1c2ccccc2-c2ccccc21)C(=O)N[C@@H](CCCCN)C(=O)N[C@@H](Cc1c[nH]c2ccccc12)C(=O)N[C@@H](CCCCN)C(=O)N[C@@H](Cc1c[nH]c2ccccc12)C(=O)O. The fourth-order valence-electron chi connectivity index (χ4n) is 15.7. The van der Waals surface area contributed by atoms with Gasteiger partial charge in [-0.05, 0) is 185 Å². The van der Waals surface area contributed by atoms with Gasteiger partial charge in [0, 0.05) is 107 Å². The predicted molar refractivity (Wildman–Crippen MR) is 464 cm³/mol. The summed E-state index contributed by atoms with van der Waals surface area (Å²) >= 11 is 0. The van der Waals surface area contributed by atoms with Crippen LogP contribution in [0.15, 0.2) is 170 Å². The van der Waals surface area contributed by atoms with Crippen LogP contribution in [0.2, 0.25) is 0 Å². The molecule has 0 fully saturated rings. The van der Waals surface area contributed by atoms with Crippen LogP contribution in [0.5, 0.6) is 0 Å². The molecule has 0 spiro atoms. The number of rotatable bonds is 48. The Morgan fingerprint density at radius 2 is 0.612 bits per heavy atom. The lowest BCUT2D eigenvalue weighted by Crippen LogP contribution is -2.61. The highest BCUT2D eigenvalue weighted by Crippen LogP contribution is 2.44. The summed E-state index contributed by atoms with van der Waals surface area (Å²) < 4.78 is 5.99. The Kier molecular flexibility index (Phi) is 32.5. The number of benzene rings is 6. The van der Waals surface area contributed by atoms with Crippen LogP contribution in [0.25, 0.3) is 54.7 Å². The maximum Gasteiger partial charge on any atom is 0.407 e. The van der Waals surface area contributed by atoms with Gasteiger partial charge in [0.05, 0.1) is 0 Å². The molecule has 0 aliphatic heterocycles. The highest BCUT2D eigenvalue weighted by atomic mass is 16.5. The Morgan fingerprint density at radius 1 is 0.347 bits per heavy atom. The van der Waals surface area contributed by atoms with Crippen molar-refractivity contribution >= 4 is 109 Å². The average Bonchev–Trinajstić information content (AvgIpc) is 1.61. The van der Waals surface area contributed by atoms with Crippen LogP contribution in [0, 0.1) is 5.41 Å². The second-order valence-corrected chi connectivity index (χ2v) is 30.7. The number of nitrogens with one attached hydrogen (secondary N) is 15. The maximum absolute atomic E-state index is 15.5. The molecule has 9 atom stereocenters. The van der Waals surface area contributed by atoms with Crippen molar-refractivity contribution in [3.63, 3.8) is 0 Å². The summed E-state index contributed by atoms with van der Waals surface area (Å²) in [6.45, 7) is 0.941. The number of nitrogens with two attached hydrogens (primary N) is 5. The van der Waals surface area contributed by atoms with Crippen molar-refractivity contribution in [1.29, 1.82) is 5.41 Å². The van der Waals surface area contributed by atoms with Gasteiger partial charge in [-0.3, -0.25) is 43.8 Å². The number of aromatic nitrogens is 4. The first-order valence-electron chi connectivity index (χ1n) is 41.6. The number of alkyl carbamates (subject to hydrolysis) is 1. The number of aliphatic carboxylic acids is 1. The number of hydrogen-bond acceptors (Lipinski definition) is 16. The highest BCUT2D eigenvalue weighted by Gasteiger charge is 2.38. The third-order valence-corrected chi connectivity index (χ3v) is 22.2. The highest BCUT2D eigenvalue weighted by molar-refractivity contribution is 6.00. The zero-order valence-electron chi connectivity index (χ0n) is 67.7. The molecule has 0 radical (unpaired) electrons. The quantitative estimate of drug-likeness (QED) is 0.0127. The molecule has 11 rings (SSSR count). The van der Waals surface area contributed by atoms with Gasteiger partial charge >= 0.3 is 12.1 Å². The maximum atomic E-state index is 15.5. The van der Waals surface area contributed by atoms with Crippen LogP contribution >= 0.6 is 0 Å². The van der Waals surface area contributed by atoms with Crippen LogP contribution in [-0.4, -0.2) is 184 Å². The first-order chi connectivity index (χ1) is 58.7. The van der Waals surface area contributed by atoms with Crippen molar-refractivity contribution in [3.8, 4) is 11.1 Å². The minimum atomic E-state index is -1.46. The number of amides is 9. The molecular weight excluding hydrogens is 1540 g/mol. The monoisotopic (exact) mass is 1650 g/mol. The van der Waals surface area contributed by atoms with E-state index in [1.807, 2.05) is 146 Å². The van der Waals surface area contributed by atoms with Crippen molar-refractivity contribution in [3.05, 3.63) is 204 Å². The van der Waals surface area contributed by atoms with E-state index >= 15 is 33.6 Å². The van der Waals surface area contributed by atoms with Gasteiger partial charge in [-0.1, -0.05) is 121 Å². The van der Waals surface area contributed by atoms with Gasteiger partial charge in [0.15, 0.2) is 5.96 Å². The standard InChI is InChI=1S/C89H112N20O12/c90-39-17-13-34-70(103-84(115)75(44-53-48-97-66-30-9-5-22-57(53)66)107-82(113)72(36-15-19-41-92)105-86(117)77(46-55-50-99-68-32-11-7-24-59(55)68)109-89(120)121-52-65-63-28-3-1-26-61(63)62-27-2-4-29-64(62)65)79(110)102-74(38-21-43-96-88(94)95)80(111)101-71(35-14-18-40-91)81(112)106-76(45-54-49-98-67-31-10-6-23-58(54)67)85(116)104-73(37-16-20-42-93)83(114)108-78(87(118)119)47-56-51-100-69-33-12-8-25-60(56)69/h1-12,22-33,48-51,65,70-78,97-100H,13-21,34-47,52,90-93H2,(H,101,111)(H,102,110)(H,103,115)(H,104,116)(H,105,117)(H,106,112)(H,107,113)(H,108,114)(H,109,120)(H,118,119)(H4,94,95,96)/t70-,71-,72-,73-,74-,75-,76-,77-,78-/m0/s1. The molecule has 4 heterocycles.